The summed E-state index contributed by atoms with van der Waals surface area (Å²) in [7, 11) is 1.79. The smallest absolute Gasteiger partial charge is 0.225 e. The highest BCUT2D eigenvalue weighted by atomic mass is 19.2. The molecule has 1 fully saturated rings. The number of amides is 1. The van der Waals surface area contributed by atoms with Gasteiger partial charge in [-0.25, -0.2) is 8.78 Å². The summed E-state index contributed by atoms with van der Waals surface area (Å²) in [5.74, 6) is -2.02. The lowest BCUT2D eigenvalue weighted by Gasteiger charge is -2.37. The molecule has 0 aliphatic carbocycles. The van der Waals surface area contributed by atoms with Crippen LogP contribution in [0.15, 0.2) is 18.2 Å². The number of rotatable bonds is 7. The zero-order chi connectivity index (χ0) is 18.4. The molecule has 5 nitrogen and oxygen atoms in total. The number of nitrogens with zero attached hydrogens (tertiary/aromatic N) is 2. The second-order valence-electron chi connectivity index (χ2n) is 6.41. The van der Waals surface area contributed by atoms with Crippen molar-refractivity contribution in [1.82, 2.24) is 10.2 Å². The van der Waals surface area contributed by atoms with Crippen LogP contribution in [0.4, 0.5) is 14.5 Å². The number of halogens is 2. The minimum absolute atomic E-state index is 0.0252. The van der Waals surface area contributed by atoms with E-state index in [4.69, 9.17) is 0 Å². The topological polar surface area (TPSA) is 52.7 Å². The van der Waals surface area contributed by atoms with Gasteiger partial charge in [-0.2, -0.15) is 0 Å². The van der Waals surface area contributed by atoms with Gasteiger partial charge in [-0.1, -0.05) is 6.92 Å². The summed E-state index contributed by atoms with van der Waals surface area (Å²) < 4.78 is 26.4. The maximum Gasteiger partial charge on any atom is 0.225 e. The Balaban J connectivity index is 1.85. The van der Waals surface area contributed by atoms with Gasteiger partial charge in [0.2, 0.25) is 5.91 Å². The highest BCUT2D eigenvalue weighted by Gasteiger charge is 2.26. The third kappa shape index (κ3) is 5.22. The molecular formula is C18H25F2N3O2. The molecule has 1 aromatic carbocycles. The van der Waals surface area contributed by atoms with Gasteiger partial charge in [0.15, 0.2) is 11.6 Å². The van der Waals surface area contributed by atoms with Crippen molar-refractivity contribution in [2.75, 3.05) is 44.7 Å². The standard InChI is InChI=1S/C18H25F2N3O2/c1-13(11-15(24)5-6-21-2)18(25)23-9-7-22(8-10-23)14-3-4-16(19)17(20)12-14/h3-4,12-13,21H,5-11H2,1-2H3. The molecule has 1 N–H and O–H groups in total. The summed E-state index contributed by atoms with van der Waals surface area (Å²) >= 11 is 0. The predicted molar refractivity (Wildman–Crippen MR) is 92.5 cm³/mol. The molecule has 0 aromatic heterocycles. The molecule has 1 atom stereocenters. The molecule has 1 aromatic rings. The van der Waals surface area contributed by atoms with Crippen molar-refractivity contribution in [2.45, 2.75) is 19.8 Å². The maximum atomic E-state index is 13.4. The van der Waals surface area contributed by atoms with Gasteiger partial charge in [0.25, 0.3) is 0 Å². The minimum atomic E-state index is -0.871. The fourth-order valence-electron chi connectivity index (χ4n) is 2.97. The quantitative estimate of drug-likeness (QED) is 0.812. The third-order valence-corrected chi connectivity index (χ3v) is 4.47. The fraction of sp³-hybridized carbons (Fsp3) is 0.556. The zero-order valence-corrected chi connectivity index (χ0v) is 14.7. The van der Waals surface area contributed by atoms with E-state index >= 15 is 0 Å². The van der Waals surface area contributed by atoms with E-state index in [0.29, 0.717) is 44.8 Å². The molecule has 1 aliphatic heterocycles. The van der Waals surface area contributed by atoms with Crippen molar-refractivity contribution >= 4 is 17.4 Å². The number of piperazine rings is 1. The molecule has 138 valence electrons. The normalized spacial score (nSPS) is 16.0. The summed E-state index contributed by atoms with van der Waals surface area (Å²) in [6.45, 7) is 4.52. The van der Waals surface area contributed by atoms with Crippen molar-refractivity contribution in [1.29, 1.82) is 0 Å². The van der Waals surface area contributed by atoms with Crippen LogP contribution >= 0.6 is 0 Å². The molecule has 7 heteroatoms. The van der Waals surface area contributed by atoms with Gasteiger partial charge in [-0.3, -0.25) is 9.59 Å². The molecule has 1 unspecified atom stereocenters. The molecule has 0 spiro atoms. The fourth-order valence-corrected chi connectivity index (χ4v) is 2.97. The van der Waals surface area contributed by atoms with Crippen molar-refractivity contribution in [2.24, 2.45) is 5.92 Å². The lowest BCUT2D eigenvalue weighted by atomic mass is 10.0. The van der Waals surface area contributed by atoms with Crippen molar-refractivity contribution < 1.29 is 18.4 Å². The zero-order valence-electron chi connectivity index (χ0n) is 14.7. The highest BCUT2D eigenvalue weighted by molar-refractivity contribution is 5.86. The Labute approximate surface area is 147 Å². The first-order chi connectivity index (χ1) is 11.9. The van der Waals surface area contributed by atoms with Crippen molar-refractivity contribution in [3.63, 3.8) is 0 Å². The summed E-state index contributed by atoms with van der Waals surface area (Å²) in [6, 6.07) is 3.83. The van der Waals surface area contributed by atoms with Gasteiger partial charge in [0.05, 0.1) is 0 Å². The van der Waals surface area contributed by atoms with Crippen LogP contribution in [0.25, 0.3) is 0 Å². The van der Waals surface area contributed by atoms with Crippen LogP contribution in [0.1, 0.15) is 19.8 Å². The first-order valence-corrected chi connectivity index (χ1v) is 8.57. The summed E-state index contributed by atoms with van der Waals surface area (Å²) in [6.07, 6.45) is 0.682. The van der Waals surface area contributed by atoms with E-state index < -0.39 is 11.6 Å². The van der Waals surface area contributed by atoms with Crippen molar-refractivity contribution in [3.8, 4) is 0 Å². The van der Waals surface area contributed by atoms with E-state index in [9.17, 15) is 18.4 Å². The van der Waals surface area contributed by atoms with Gasteiger partial charge in [-0.05, 0) is 19.2 Å². The largest absolute Gasteiger partial charge is 0.368 e. The number of Topliss-reactive ketones (excluding diaryl/α,β-unsaturated/α-hetero) is 1. The number of hydrogen-bond donors (Lipinski definition) is 1. The lowest BCUT2D eigenvalue weighted by Crippen LogP contribution is -2.50. The molecule has 25 heavy (non-hydrogen) atoms. The minimum Gasteiger partial charge on any atom is -0.368 e. The first kappa shape index (κ1) is 19.3. The van der Waals surface area contributed by atoms with E-state index in [1.165, 1.54) is 6.07 Å². The van der Waals surface area contributed by atoms with E-state index in [1.54, 1.807) is 24.9 Å². The Bertz CT molecular complexity index is 616. The van der Waals surface area contributed by atoms with E-state index in [2.05, 4.69) is 5.32 Å². The van der Waals surface area contributed by atoms with E-state index in [1.807, 2.05) is 4.90 Å². The summed E-state index contributed by atoms with van der Waals surface area (Å²) in [4.78, 5) is 28.0. The molecular weight excluding hydrogens is 328 g/mol. The average Bonchev–Trinajstić information content (AvgIpc) is 2.61. The monoisotopic (exact) mass is 353 g/mol. The molecule has 1 heterocycles. The van der Waals surface area contributed by atoms with Crippen LogP contribution in [0, 0.1) is 17.6 Å². The predicted octanol–water partition coefficient (Wildman–Crippen LogP) is 1.82. The van der Waals surface area contributed by atoms with Gasteiger partial charge >= 0.3 is 0 Å². The van der Waals surface area contributed by atoms with Gasteiger partial charge in [-0.15, -0.1) is 0 Å². The SMILES string of the molecule is CNCCC(=O)CC(C)C(=O)N1CCN(c2ccc(F)c(F)c2)CC1. The molecule has 0 radical (unpaired) electrons. The number of hydrogen-bond acceptors (Lipinski definition) is 4. The average molecular weight is 353 g/mol. The molecule has 0 saturated carbocycles. The number of carbonyl (C=O) groups is 2. The Kier molecular flexibility index (Phi) is 6.87. The lowest BCUT2D eigenvalue weighted by molar-refractivity contribution is -0.137. The third-order valence-electron chi connectivity index (χ3n) is 4.47. The number of benzene rings is 1. The number of anilines is 1. The van der Waals surface area contributed by atoms with Crippen LogP contribution in [-0.2, 0) is 9.59 Å². The Morgan fingerprint density at radius 2 is 1.84 bits per heavy atom. The van der Waals surface area contributed by atoms with Crippen LogP contribution in [0.5, 0.6) is 0 Å². The summed E-state index contributed by atoms with van der Waals surface area (Å²) in [5, 5.41) is 2.92. The Hall–Kier alpha value is -2.02. The van der Waals surface area contributed by atoms with E-state index in [-0.39, 0.29) is 24.0 Å². The molecule has 1 aliphatic rings. The van der Waals surface area contributed by atoms with Gasteiger partial charge in [0.1, 0.15) is 5.78 Å². The Morgan fingerprint density at radius 1 is 1.16 bits per heavy atom. The van der Waals surface area contributed by atoms with Crippen LogP contribution in [0.2, 0.25) is 0 Å². The molecule has 0 bridgehead atoms. The van der Waals surface area contributed by atoms with Gasteiger partial charge in [0, 0.05) is 63.2 Å². The Morgan fingerprint density at radius 3 is 2.44 bits per heavy atom. The number of carbonyl (C=O) groups excluding carboxylic acids is 2. The van der Waals surface area contributed by atoms with Crippen LogP contribution < -0.4 is 10.2 Å². The summed E-state index contributed by atoms with van der Waals surface area (Å²) in [5.41, 5.74) is 0.612. The van der Waals surface area contributed by atoms with Crippen LogP contribution in [-0.4, -0.2) is 56.4 Å². The molecule has 1 saturated heterocycles. The van der Waals surface area contributed by atoms with Crippen LogP contribution in [0.3, 0.4) is 0 Å². The highest BCUT2D eigenvalue weighted by Crippen LogP contribution is 2.20. The molecule has 2 rings (SSSR count). The van der Waals surface area contributed by atoms with Crippen molar-refractivity contribution in [3.05, 3.63) is 29.8 Å². The van der Waals surface area contributed by atoms with Gasteiger partial charge < -0.3 is 15.1 Å². The second kappa shape index (κ2) is 8.89. The number of ketones is 1. The van der Waals surface area contributed by atoms with E-state index in [0.717, 1.165) is 6.07 Å². The molecule has 1 amide bonds. The number of nitrogens with one attached hydrogen (secondary N) is 1. The first-order valence-electron chi connectivity index (χ1n) is 8.57. The maximum absolute atomic E-state index is 13.4. The second-order valence-corrected chi connectivity index (χ2v) is 6.41.